The molecule has 1 aliphatic carbocycles. The van der Waals surface area contributed by atoms with Crippen molar-refractivity contribution in [3.8, 4) is 0 Å². The van der Waals surface area contributed by atoms with Gasteiger partial charge in [-0.1, -0.05) is 0 Å². The Balaban J connectivity index is 2.27. The van der Waals surface area contributed by atoms with Gasteiger partial charge in [0.15, 0.2) is 0 Å². The molecule has 7 heavy (non-hydrogen) atoms. The van der Waals surface area contributed by atoms with Gasteiger partial charge in [-0.05, 0) is 6.42 Å². The molecule has 1 atom stereocenters. The molecular formula is C4H6NO2. The van der Waals surface area contributed by atoms with Crippen LogP contribution in [0.3, 0.4) is 0 Å². The second-order valence-corrected chi connectivity index (χ2v) is 1.67. The molecule has 3 nitrogen and oxygen atoms in total. The third kappa shape index (κ3) is 0.706. The highest BCUT2D eigenvalue weighted by atomic mass is 16.6. The van der Waals surface area contributed by atoms with E-state index >= 15 is 0 Å². The second-order valence-electron chi connectivity index (χ2n) is 1.67. The van der Waals surface area contributed by atoms with Gasteiger partial charge in [0.05, 0.1) is 0 Å². The fourth-order valence-electron chi connectivity index (χ4n) is 0.507. The van der Waals surface area contributed by atoms with Crippen molar-refractivity contribution in [1.29, 1.82) is 0 Å². The molecule has 0 amide bonds. The Morgan fingerprint density at radius 3 is 2.43 bits per heavy atom. The monoisotopic (exact) mass is 100 g/mol. The van der Waals surface area contributed by atoms with E-state index in [1.54, 1.807) is 6.42 Å². The Bertz CT molecular complexity index is 87.7. The number of hydrogen-bond donors (Lipinski definition) is 0. The second kappa shape index (κ2) is 1.48. The van der Waals surface area contributed by atoms with Crippen molar-refractivity contribution >= 4 is 0 Å². The summed E-state index contributed by atoms with van der Waals surface area (Å²) in [5.41, 5.74) is 0. The lowest BCUT2D eigenvalue weighted by atomic mass is 9.94. The lowest BCUT2D eigenvalue weighted by Crippen LogP contribution is -2.27. The van der Waals surface area contributed by atoms with Crippen LogP contribution in [-0.4, -0.2) is 11.0 Å². The summed E-state index contributed by atoms with van der Waals surface area (Å²) >= 11 is 0. The minimum atomic E-state index is -0.319. The van der Waals surface area contributed by atoms with Gasteiger partial charge in [-0.3, -0.25) is 10.1 Å². The van der Waals surface area contributed by atoms with Gasteiger partial charge in [0, 0.05) is 17.8 Å². The van der Waals surface area contributed by atoms with Gasteiger partial charge in [0.2, 0.25) is 6.04 Å². The summed E-state index contributed by atoms with van der Waals surface area (Å²) < 4.78 is 0. The molecular weight excluding hydrogens is 94.0 g/mol. The number of nitro groups is 1. The Kier molecular flexibility index (Phi) is 0.964. The summed E-state index contributed by atoms with van der Waals surface area (Å²) in [5.74, 6) is 0. The van der Waals surface area contributed by atoms with E-state index in [-0.39, 0.29) is 11.0 Å². The summed E-state index contributed by atoms with van der Waals surface area (Å²) in [6.07, 6.45) is 3.39. The van der Waals surface area contributed by atoms with E-state index in [0.29, 0.717) is 0 Å². The quantitative estimate of drug-likeness (QED) is 0.358. The number of hydrogen-bond acceptors (Lipinski definition) is 2. The fraction of sp³-hybridized carbons (Fsp3) is 0.750. The number of rotatable bonds is 1. The first-order valence-electron chi connectivity index (χ1n) is 2.27. The zero-order valence-electron chi connectivity index (χ0n) is 3.83. The summed E-state index contributed by atoms with van der Waals surface area (Å²) in [6, 6.07) is -0.319. The van der Waals surface area contributed by atoms with Gasteiger partial charge in [-0.15, -0.1) is 0 Å². The van der Waals surface area contributed by atoms with Crippen molar-refractivity contribution in [1.82, 2.24) is 0 Å². The van der Waals surface area contributed by atoms with Gasteiger partial charge < -0.3 is 0 Å². The highest BCUT2D eigenvalue weighted by molar-refractivity contribution is 4.87. The predicted octanol–water partition coefficient (Wildman–Crippen LogP) is 0.630. The van der Waals surface area contributed by atoms with Gasteiger partial charge in [-0.2, -0.15) is 0 Å². The van der Waals surface area contributed by atoms with Crippen molar-refractivity contribution in [2.45, 2.75) is 18.9 Å². The molecule has 0 heterocycles. The van der Waals surface area contributed by atoms with Crippen LogP contribution in [0.5, 0.6) is 0 Å². The molecule has 0 saturated heterocycles. The van der Waals surface area contributed by atoms with Gasteiger partial charge >= 0.3 is 0 Å². The van der Waals surface area contributed by atoms with Crippen molar-refractivity contribution in [3.63, 3.8) is 0 Å². The van der Waals surface area contributed by atoms with Crippen LogP contribution in [0.2, 0.25) is 0 Å². The van der Waals surface area contributed by atoms with Gasteiger partial charge in [0.25, 0.3) is 0 Å². The smallest absolute Gasteiger partial charge is 0.216 e. The lowest BCUT2D eigenvalue weighted by molar-refractivity contribution is -0.523. The van der Waals surface area contributed by atoms with Crippen LogP contribution in [0.25, 0.3) is 0 Å². The van der Waals surface area contributed by atoms with E-state index in [0.717, 1.165) is 12.8 Å². The molecule has 0 aliphatic heterocycles. The molecule has 1 radical (unpaired) electrons. The first-order valence-corrected chi connectivity index (χ1v) is 2.27. The lowest BCUT2D eigenvalue weighted by Gasteiger charge is -2.15. The fourth-order valence-corrected chi connectivity index (χ4v) is 0.507. The molecule has 1 saturated carbocycles. The Morgan fingerprint density at radius 2 is 2.43 bits per heavy atom. The first-order chi connectivity index (χ1) is 3.30. The van der Waals surface area contributed by atoms with E-state index in [2.05, 4.69) is 0 Å². The normalized spacial score (nSPS) is 21.1. The molecule has 0 spiro atoms. The van der Waals surface area contributed by atoms with Crippen LogP contribution < -0.4 is 0 Å². The molecule has 0 aromatic rings. The van der Waals surface area contributed by atoms with Crippen LogP contribution in [0.1, 0.15) is 12.8 Å². The standard InChI is InChI=1S/C4H6NO2/c6-5(7)4-2-1-3-4/h2,4H,1,3H2. The van der Waals surface area contributed by atoms with Crippen LogP contribution in [0.15, 0.2) is 0 Å². The van der Waals surface area contributed by atoms with Crippen molar-refractivity contribution < 1.29 is 4.92 Å². The molecule has 1 fully saturated rings. The van der Waals surface area contributed by atoms with Crippen molar-refractivity contribution in [2.24, 2.45) is 0 Å². The summed E-state index contributed by atoms with van der Waals surface area (Å²) in [4.78, 5) is 9.51. The molecule has 1 unspecified atom stereocenters. The minimum absolute atomic E-state index is 0.247. The van der Waals surface area contributed by atoms with Crippen molar-refractivity contribution in [2.75, 3.05) is 0 Å². The predicted molar refractivity (Wildman–Crippen MR) is 24.3 cm³/mol. The molecule has 0 aromatic heterocycles. The van der Waals surface area contributed by atoms with Crippen LogP contribution in [0.4, 0.5) is 0 Å². The Morgan fingerprint density at radius 1 is 1.86 bits per heavy atom. The van der Waals surface area contributed by atoms with Crippen LogP contribution in [0, 0.1) is 16.5 Å². The molecule has 3 heteroatoms. The summed E-state index contributed by atoms with van der Waals surface area (Å²) in [7, 11) is 0. The maximum atomic E-state index is 9.76. The summed E-state index contributed by atoms with van der Waals surface area (Å²) in [5, 5.41) is 9.76. The van der Waals surface area contributed by atoms with E-state index < -0.39 is 0 Å². The van der Waals surface area contributed by atoms with E-state index in [4.69, 9.17) is 0 Å². The van der Waals surface area contributed by atoms with E-state index in [1.165, 1.54) is 0 Å². The van der Waals surface area contributed by atoms with Crippen LogP contribution in [-0.2, 0) is 0 Å². The molecule has 0 aromatic carbocycles. The third-order valence-corrected chi connectivity index (χ3v) is 1.17. The zero-order valence-corrected chi connectivity index (χ0v) is 3.83. The molecule has 1 aliphatic rings. The first kappa shape index (κ1) is 4.56. The molecule has 39 valence electrons. The van der Waals surface area contributed by atoms with Gasteiger partial charge in [-0.25, -0.2) is 0 Å². The molecule has 0 N–H and O–H groups in total. The largest absolute Gasteiger partial charge is 0.264 e. The van der Waals surface area contributed by atoms with Crippen molar-refractivity contribution in [3.05, 3.63) is 16.5 Å². The van der Waals surface area contributed by atoms with Crippen LogP contribution >= 0.6 is 0 Å². The minimum Gasteiger partial charge on any atom is -0.264 e. The molecule has 0 bridgehead atoms. The maximum Gasteiger partial charge on any atom is 0.216 e. The Hall–Kier alpha value is -0.600. The maximum absolute atomic E-state index is 9.76. The molecule has 1 rings (SSSR count). The van der Waals surface area contributed by atoms with E-state index in [1.807, 2.05) is 0 Å². The SMILES string of the molecule is O=[N+]([O-])C1[CH]CC1. The van der Waals surface area contributed by atoms with Gasteiger partial charge in [0.1, 0.15) is 0 Å². The van der Waals surface area contributed by atoms with E-state index in [9.17, 15) is 10.1 Å². The topological polar surface area (TPSA) is 43.1 Å². The summed E-state index contributed by atoms with van der Waals surface area (Å²) in [6.45, 7) is 0. The average Bonchev–Trinajstić information content (AvgIpc) is 1.23. The highest BCUT2D eigenvalue weighted by Gasteiger charge is 2.27. The highest BCUT2D eigenvalue weighted by Crippen LogP contribution is 2.18. The number of nitrogens with zero attached hydrogens (tertiary/aromatic N) is 1. The third-order valence-electron chi connectivity index (χ3n) is 1.17. The average molecular weight is 100 g/mol. The Labute approximate surface area is 41.5 Å². The zero-order chi connectivity index (χ0) is 5.28.